The van der Waals surface area contributed by atoms with E-state index in [1.165, 1.54) is 0 Å². The van der Waals surface area contributed by atoms with Crippen LogP contribution in [0.5, 0.6) is 0 Å². The monoisotopic (exact) mass is 265 g/mol. The second kappa shape index (κ2) is 4.40. The van der Waals surface area contributed by atoms with E-state index in [1.807, 2.05) is 13.1 Å². The van der Waals surface area contributed by atoms with Crippen molar-refractivity contribution in [3.63, 3.8) is 0 Å². The van der Waals surface area contributed by atoms with Gasteiger partial charge in [0.05, 0.1) is 5.75 Å². The molecule has 0 amide bonds. The lowest BCUT2D eigenvalue weighted by molar-refractivity contribution is 0.420. The molecule has 6 heteroatoms. The molecule has 1 saturated heterocycles. The van der Waals surface area contributed by atoms with Gasteiger partial charge in [0.15, 0.2) is 8.32 Å². The molecule has 2 N–H and O–H groups in total. The molecule has 0 aromatic rings. The molecule has 96 valence electrons. The summed E-state index contributed by atoms with van der Waals surface area (Å²) in [7, 11) is -5.17. The number of hydrogen-bond donors (Lipinski definition) is 2. The molecule has 1 rings (SSSR count). The Labute approximate surface area is 99.6 Å². The van der Waals surface area contributed by atoms with Crippen LogP contribution < -0.4 is 4.72 Å². The fourth-order valence-corrected chi connectivity index (χ4v) is 3.93. The van der Waals surface area contributed by atoms with Crippen molar-refractivity contribution in [2.45, 2.75) is 57.3 Å². The Morgan fingerprint density at radius 2 is 2.00 bits per heavy atom. The summed E-state index contributed by atoms with van der Waals surface area (Å²) in [6.07, 6.45) is 2.39. The van der Waals surface area contributed by atoms with E-state index >= 15 is 0 Å². The van der Waals surface area contributed by atoms with Crippen LogP contribution in [0, 0.1) is 0 Å². The first-order valence-electron chi connectivity index (χ1n) is 5.76. The lowest BCUT2D eigenvalue weighted by Gasteiger charge is -2.35. The third kappa shape index (κ3) is 3.55. The standard InChI is InChI=1S/C10H23NO3SSi/c1-10(2,16(3,4)14)7-5-9-6-8-15(12,13)11-9/h9,11,14H,5-8H2,1-4H3. The Morgan fingerprint density at radius 3 is 2.38 bits per heavy atom. The molecule has 0 spiro atoms. The highest BCUT2D eigenvalue weighted by molar-refractivity contribution is 7.89. The zero-order valence-electron chi connectivity index (χ0n) is 10.6. The van der Waals surface area contributed by atoms with Gasteiger partial charge in [0.25, 0.3) is 0 Å². The fraction of sp³-hybridized carbons (Fsp3) is 1.00. The number of sulfonamides is 1. The maximum Gasteiger partial charge on any atom is 0.211 e. The van der Waals surface area contributed by atoms with Crippen molar-refractivity contribution in [3.8, 4) is 0 Å². The lowest BCUT2D eigenvalue weighted by Crippen LogP contribution is -2.40. The molecule has 0 aromatic heterocycles. The van der Waals surface area contributed by atoms with Crippen LogP contribution in [0.25, 0.3) is 0 Å². The summed E-state index contributed by atoms with van der Waals surface area (Å²) in [6.45, 7) is 8.02. The Hall–Kier alpha value is 0.0869. The third-order valence-electron chi connectivity index (χ3n) is 3.86. The number of rotatable bonds is 4. The Balaban J connectivity index is 2.48. The van der Waals surface area contributed by atoms with Crippen LogP contribution in [-0.4, -0.2) is 33.3 Å². The Bertz CT molecular complexity index is 346. The van der Waals surface area contributed by atoms with Crippen LogP contribution in [0.1, 0.15) is 33.1 Å². The minimum Gasteiger partial charge on any atom is -0.432 e. The summed E-state index contributed by atoms with van der Waals surface area (Å²) in [5.74, 6) is 0.248. The summed E-state index contributed by atoms with van der Waals surface area (Å²) in [5.41, 5.74) is 0. The van der Waals surface area contributed by atoms with E-state index in [-0.39, 0.29) is 16.8 Å². The summed E-state index contributed by atoms with van der Waals surface area (Å²) in [5, 5.41) is -0.0684. The molecule has 0 aliphatic carbocycles. The van der Waals surface area contributed by atoms with Crippen molar-refractivity contribution in [1.82, 2.24) is 4.72 Å². The topological polar surface area (TPSA) is 66.4 Å². The van der Waals surface area contributed by atoms with Crippen molar-refractivity contribution in [3.05, 3.63) is 0 Å². The third-order valence-corrected chi connectivity index (χ3v) is 8.88. The van der Waals surface area contributed by atoms with Gasteiger partial charge >= 0.3 is 0 Å². The molecule has 1 aliphatic heterocycles. The number of nitrogens with one attached hydrogen (secondary N) is 1. The predicted octanol–water partition coefficient (Wildman–Crippen LogP) is 1.44. The van der Waals surface area contributed by atoms with E-state index in [9.17, 15) is 13.2 Å². The average Bonchev–Trinajstić information content (AvgIpc) is 2.40. The minimum absolute atomic E-state index is 0.0684. The minimum atomic E-state index is -3.00. The summed E-state index contributed by atoms with van der Waals surface area (Å²) < 4.78 is 25.1. The van der Waals surface area contributed by atoms with Crippen LogP contribution in [-0.2, 0) is 10.0 Å². The van der Waals surface area contributed by atoms with Crippen LogP contribution in [0.2, 0.25) is 18.1 Å². The first kappa shape index (κ1) is 14.1. The molecule has 0 saturated carbocycles. The van der Waals surface area contributed by atoms with Gasteiger partial charge in [0, 0.05) is 6.04 Å². The van der Waals surface area contributed by atoms with E-state index in [1.54, 1.807) is 0 Å². The second-order valence-electron chi connectivity index (χ2n) is 5.90. The molecule has 0 aromatic carbocycles. The Kier molecular flexibility index (Phi) is 3.89. The summed E-state index contributed by atoms with van der Waals surface area (Å²) in [4.78, 5) is 10.1. The van der Waals surface area contributed by atoms with E-state index in [4.69, 9.17) is 0 Å². The van der Waals surface area contributed by atoms with Crippen LogP contribution in [0.3, 0.4) is 0 Å². The van der Waals surface area contributed by atoms with E-state index in [2.05, 4.69) is 18.6 Å². The molecule has 1 unspecified atom stereocenters. The zero-order valence-corrected chi connectivity index (χ0v) is 12.4. The summed E-state index contributed by atoms with van der Waals surface area (Å²) in [6, 6.07) is 0.0700. The SMILES string of the molecule is CC(C)(CCC1CCS(=O)(=O)N1)[Si](C)(C)O. The first-order chi connectivity index (χ1) is 7.04. The molecular weight excluding hydrogens is 242 g/mol. The van der Waals surface area contributed by atoms with Gasteiger partial charge in [-0.2, -0.15) is 0 Å². The normalized spacial score (nSPS) is 25.9. The highest BCUT2D eigenvalue weighted by atomic mass is 32.2. The van der Waals surface area contributed by atoms with Gasteiger partial charge in [-0.25, -0.2) is 13.1 Å². The van der Waals surface area contributed by atoms with Gasteiger partial charge in [-0.3, -0.25) is 0 Å². The molecule has 0 bridgehead atoms. The molecule has 4 nitrogen and oxygen atoms in total. The van der Waals surface area contributed by atoms with Gasteiger partial charge in [-0.05, 0) is 37.4 Å². The Morgan fingerprint density at radius 1 is 1.44 bits per heavy atom. The van der Waals surface area contributed by atoms with Crippen LogP contribution in [0.4, 0.5) is 0 Å². The smallest absolute Gasteiger partial charge is 0.211 e. The fourth-order valence-electron chi connectivity index (χ4n) is 1.71. The maximum absolute atomic E-state index is 11.2. The zero-order chi connectivity index (χ0) is 12.6. The molecule has 1 fully saturated rings. The van der Waals surface area contributed by atoms with Gasteiger partial charge in [0.2, 0.25) is 10.0 Å². The van der Waals surface area contributed by atoms with Crippen molar-refractivity contribution < 1.29 is 13.2 Å². The molecule has 0 radical (unpaired) electrons. The van der Waals surface area contributed by atoms with Gasteiger partial charge in [-0.15, -0.1) is 0 Å². The second-order valence-corrected chi connectivity index (χ2v) is 12.2. The van der Waals surface area contributed by atoms with Gasteiger partial charge in [0.1, 0.15) is 0 Å². The van der Waals surface area contributed by atoms with Crippen molar-refractivity contribution in [2.24, 2.45) is 0 Å². The van der Waals surface area contributed by atoms with Crippen LogP contribution >= 0.6 is 0 Å². The van der Waals surface area contributed by atoms with Crippen molar-refractivity contribution in [2.75, 3.05) is 5.75 Å². The highest BCUT2D eigenvalue weighted by Crippen LogP contribution is 2.40. The maximum atomic E-state index is 11.2. The number of hydrogen-bond acceptors (Lipinski definition) is 3. The molecule has 16 heavy (non-hydrogen) atoms. The molecule has 1 heterocycles. The highest BCUT2D eigenvalue weighted by Gasteiger charge is 2.38. The molecular formula is C10H23NO3SSi. The largest absolute Gasteiger partial charge is 0.432 e. The molecule has 1 aliphatic rings. The van der Waals surface area contributed by atoms with E-state index < -0.39 is 18.3 Å². The van der Waals surface area contributed by atoms with Gasteiger partial charge in [-0.1, -0.05) is 13.8 Å². The van der Waals surface area contributed by atoms with E-state index in [0.717, 1.165) is 12.8 Å². The predicted molar refractivity (Wildman–Crippen MR) is 68.3 cm³/mol. The van der Waals surface area contributed by atoms with Crippen molar-refractivity contribution >= 4 is 18.3 Å². The lowest BCUT2D eigenvalue weighted by atomic mass is 10.0. The van der Waals surface area contributed by atoms with E-state index in [0.29, 0.717) is 6.42 Å². The average molecular weight is 265 g/mol. The first-order valence-corrected chi connectivity index (χ1v) is 10.4. The summed E-state index contributed by atoms with van der Waals surface area (Å²) >= 11 is 0. The van der Waals surface area contributed by atoms with Crippen LogP contribution in [0.15, 0.2) is 0 Å². The molecule has 1 atom stereocenters. The van der Waals surface area contributed by atoms with Crippen molar-refractivity contribution in [1.29, 1.82) is 0 Å². The van der Waals surface area contributed by atoms with Gasteiger partial charge < -0.3 is 4.80 Å². The quantitative estimate of drug-likeness (QED) is 0.756.